The number of ketones is 1. The van der Waals surface area contributed by atoms with E-state index in [1.54, 1.807) is 0 Å². The molecule has 5 aliphatic carbocycles. The summed E-state index contributed by atoms with van der Waals surface area (Å²) >= 11 is 0. The Morgan fingerprint density at radius 2 is 1.38 bits per heavy atom. The lowest BCUT2D eigenvalue weighted by atomic mass is 9.30. The van der Waals surface area contributed by atoms with Gasteiger partial charge in [-0.2, -0.15) is 0 Å². The van der Waals surface area contributed by atoms with Crippen molar-refractivity contribution in [3.05, 3.63) is 0 Å². The maximum Gasteiger partial charge on any atom is 0.136 e. The zero-order valence-corrected chi connectivity index (χ0v) is 22.2. The average Bonchev–Trinajstić information content (AvgIpc) is 2.73. The highest BCUT2D eigenvalue weighted by atomic mass is 16.3. The van der Waals surface area contributed by atoms with E-state index in [2.05, 4.69) is 48.5 Å². The van der Waals surface area contributed by atoms with Crippen LogP contribution in [-0.2, 0) is 4.79 Å². The molecule has 0 heterocycles. The largest absolute Gasteiger partial charge is 0.396 e. The fraction of sp³-hybridized carbons (Fsp3) is 0.967. The highest BCUT2D eigenvalue weighted by Gasteiger charge is 2.71. The van der Waals surface area contributed by atoms with Gasteiger partial charge in [-0.3, -0.25) is 4.79 Å². The molecule has 0 amide bonds. The van der Waals surface area contributed by atoms with Crippen LogP contribution in [0.3, 0.4) is 0 Å². The van der Waals surface area contributed by atoms with E-state index in [1.165, 1.54) is 57.8 Å². The summed E-state index contributed by atoms with van der Waals surface area (Å²) in [6, 6.07) is 0. The predicted molar refractivity (Wildman–Crippen MR) is 131 cm³/mol. The van der Waals surface area contributed by atoms with Crippen molar-refractivity contribution in [3.8, 4) is 0 Å². The topological polar surface area (TPSA) is 37.3 Å². The van der Waals surface area contributed by atoms with Gasteiger partial charge in [-0.15, -0.1) is 0 Å². The lowest BCUT2D eigenvalue weighted by molar-refractivity contribution is -0.263. The van der Waals surface area contributed by atoms with Gasteiger partial charge in [-0.25, -0.2) is 0 Å². The monoisotopic (exact) mass is 442 g/mol. The van der Waals surface area contributed by atoms with Crippen LogP contribution in [0.15, 0.2) is 0 Å². The number of aliphatic hydroxyl groups excluding tert-OH is 1. The summed E-state index contributed by atoms with van der Waals surface area (Å²) in [4.78, 5) is 12.7. The molecular formula is C30H50O2. The second-order valence-electron chi connectivity index (χ2n) is 15.2. The van der Waals surface area contributed by atoms with Crippen LogP contribution < -0.4 is 0 Å². The van der Waals surface area contributed by atoms with Gasteiger partial charge in [0.2, 0.25) is 0 Å². The van der Waals surface area contributed by atoms with Crippen molar-refractivity contribution in [1.29, 1.82) is 0 Å². The van der Waals surface area contributed by atoms with Gasteiger partial charge in [0.1, 0.15) is 5.78 Å². The van der Waals surface area contributed by atoms with Crippen LogP contribution in [0.5, 0.6) is 0 Å². The Bertz CT molecular complexity index is 801. The van der Waals surface area contributed by atoms with Gasteiger partial charge in [-0.05, 0) is 114 Å². The quantitative estimate of drug-likeness (QED) is 0.458. The van der Waals surface area contributed by atoms with E-state index in [1.807, 2.05) is 0 Å². The molecule has 0 aromatic heterocycles. The molecule has 9 atom stereocenters. The highest BCUT2D eigenvalue weighted by Crippen LogP contribution is 2.78. The second kappa shape index (κ2) is 6.86. The molecule has 3 unspecified atom stereocenters. The molecule has 0 aromatic carbocycles. The highest BCUT2D eigenvalue weighted by molar-refractivity contribution is 5.82. The van der Waals surface area contributed by atoms with Gasteiger partial charge in [0.05, 0.1) is 0 Å². The minimum Gasteiger partial charge on any atom is -0.396 e. The zero-order chi connectivity index (χ0) is 23.4. The average molecular weight is 443 g/mol. The molecule has 5 saturated carbocycles. The third kappa shape index (κ3) is 2.71. The number of hydrogen-bond donors (Lipinski definition) is 1. The van der Waals surface area contributed by atoms with Gasteiger partial charge in [-0.1, -0.05) is 48.5 Å². The van der Waals surface area contributed by atoms with Crippen molar-refractivity contribution < 1.29 is 9.90 Å². The maximum absolute atomic E-state index is 12.7. The number of Topliss-reactive ketones (excluding diaryl/α,β-unsaturated/α-hetero) is 1. The summed E-state index contributed by atoms with van der Waals surface area (Å²) in [5.41, 5.74) is 1.78. The van der Waals surface area contributed by atoms with Gasteiger partial charge in [0.15, 0.2) is 0 Å². The second-order valence-corrected chi connectivity index (χ2v) is 15.2. The first-order chi connectivity index (χ1) is 14.8. The van der Waals surface area contributed by atoms with E-state index in [9.17, 15) is 9.90 Å². The van der Waals surface area contributed by atoms with Crippen molar-refractivity contribution in [2.24, 2.45) is 56.2 Å². The Labute approximate surface area is 197 Å². The summed E-state index contributed by atoms with van der Waals surface area (Å²) in [7, 11) is 0. The van der Waals surface area contributed by atoms with Gasteiger partial charge >= 0.3 is 0 Å². The fourth-order valence-corrected chi connectivity index (χ4v) is 11.3. The van der Waals surface area contributed by atoms with Crippen molar-refractivity contribution in [3.63, 3.8) is 0 Å². The number of carbonyl (C=O) groups excluding carboxylic acids is 1. The van der Waals surface area contributed by atoms with Crippen LogP contribution in [0.4, 0.5) is 0 Å². The molecule has 2 heteroatoms. The van der Waals surface area contributed by atoms with E-state index in [-0.39, 0.29) is 16.7 Å². The Kier molecular flexibility index (Phi) is 5.01. The summed E-state index contributed by atoms with van der Waals surface area (Å²) in [6.07, 6.45) is 13.4. The number of carbonyl (C=O) groups is 1. The van der Waals surface area contributed by atoms with Gasteiger partial charge in [0.25, 0.3) is 0 Å². The lowest BCUT2D eigenvalue weighted by Gasteiger charge is -2.75. The van der Waals surface area contributed by atoms with E-state index in [0.717, 1.165) is 18.8 Å². The first-order valence-electron chi connectivity index (χ1n) is 13.9. The standard InChI is InChI=1S/C30H50O2/c1-20-21(32)8-9-22-26(20,4)11-10-23-27(22,5)13-14-29(7)24-18-25(2,3)12-16-30(24,19-31)17-15-28(23,29)6/h20,22-24,31H,8-19H2,1-7H3/t20-,22?,23?,24?,26+,27-,28+,29-,30+/m0/s1. The Morgan fingerprint density at radius 1 is 0.750 bits per heavy atom. The Hall–Kier alpha value is -0.370. The molecule has 2 nitrogen and oxygen atoms in total. The summed E-state index contributed by atoms with van der Waals surface area (Å²) < 4.78 is 0. The first kappa shape index (κ1) is 23.4. The molecule has 32 heavy (non-hydrogen) atoms. The van der Waals surface area contributed by atoms with Crippen LogP contribution in [0.25, 0.3) is 0 Å². The Morgan fingerprint density at radius 3 is 2.06 bits per heavy atom. The number of rotatable bonds is 1. The van der Waals surface area contributed by atoms with E-state index in [4.69, 9.17) is 0 Å². The molecule has 5 aliphatic rings. The molecule has 182 valence electrons. The van der Waals surface area contributed by atoms with Crippen LogP contribution in [0, 0.1) is 56.2 Å². The SMILES string of the molecule is C[C@H]1C(=O)CCC2[C@]3(C)CC[C@@]4(C)C5CC(C)(C)CC[C@]5(CO)CC[C@]4(C)C3CC[C@@]21C. The summed E-state index contributed by atoms with van der Waals surface area (Å²) in [5.74, 6) is 2.84. The molecule has 0 saturated heterocycles. The van der Waals surface area contributed by atoms with Gasteiger partial charge < -0.3 is 5.11 Å². The third-order valence-corrected chi connectivity index (χ3v) is 13.8. The molecule has 5 fully saturated rings. The van der Waals surface area contributed by atoms with E-state index < -0.39 is 0 Å². The lowest BCUT2D eigenvalue weighted by Crippen LogP contribution is -2.68. The van der Waals surface area contributed by atoms with E-state index >= 15 is 0 Å². The van der Waals surface area contributed by atoms with Crippen LogP contribution in [0.2, 0.25) is 0 Å². The molecule has 1 N–H and O–H groups in total. The molecule has 0 bridgehead atoms. The first-order valence-corrected chi connectivity index (χ1v) is 13.9. The minimum absolute atomic E-state index is 0.159. The van der Waals surface area contributed by atoms with Crippen molar-refractivity contribution in [2.75, 3.05) is 6.61 Å². The minimum atomic E-state index is 0.159. The summed E-state index contributed by atoms with van der Waals surface area (Å²) in [5, 5.41) is 10.7. The third-order valence-electron chi connectivity index (χ3n) is 13.8. The molecule has 5 rings (SSSR count). The molecule has 0 spiro atoms. The Balaban J connectivity index is 1.55. The van der Waals surface area contributed by atoms with Gasteiger partial charge in [0, 0.05) is 18.9 Å². The van der Waals surface area contributed by atoms with Crippen molar-refractivity contribution >= 4 is 5.78 Å². The summed E-state index contributed by atoms with van der Waals surface area (Å²) in [6.45, 7) is 18.0. The predicted octanol–water partition coefficient (Wildman–Crippen LogP) is 7.43. The molecule has 0 radical (unpaired) electrons. The van der Waals surface area contributed by atoms with Crippen LogP contribution in [-0.4, -0.2) is 17.5 Å². The van der Waals surface area contributed by atoms with E-state index in [0.29, 0.717) is 45.9 Å². The molecular weight excluding hydrogens is 392 g/mol. The molecule has 0 aliphatic heterocycles. The number of fused-ring (bicyclic) bond motifs is 7. The van der Waals surface area contributed by atoms with Crippen molar-refractivity contribution in [1.82, 2.24) is 0 Å². The fourth-order valence-electron chi connectivity index (χ4n) is 11.3. The number of hydrogen-bond acceptors (Lipinski definition) is 2. The zero-order valence-electron chi connectivity index (χ0n) is 22.2. The van der Waals surface area contributed by atoms with Crippen LogP contribution in [0.1, 0.15) is 119 Å². The van der Waals surface area contributed by atoms with Crippen molar-refractivity contribution in [2.45, 2.75) is 119 Å². The maximum atomic E-state index is 12.7. The molecule has 0 aromatic rings. The smallest absolute Gasteiger partial charge is 0.136 e. The van der Waals surface area contributed by atoms with Crippen LogP contribution >= 0.6 is 0 Å². The number of aliphatic hydroxyl groups is 1. The normalized spacial score (nSPS) is 57.1.